The number of likely N-dealkylation sites (tertiary alicyclic amines) is 1. The molecule has 5 rings (SSSR count). The molecular weight excluding hydrogens is 522 g/mol. The Hall–Kier alpha value is -3.86. The van der Waals surface area contributed by atoms with Crippen molar-refractivity contribution in [3.05, 3.63) is 64.7 Å². The third kappa shape index (κ3) is 5.99. The standard InChI is InChI=1S/C29H32F2N4O5/c30-29(31,21-5-4-6-22(16-21)40-14-13-34-11-2-1-3-12-34)28(39)32-17-19-7-8-23-20(15-19)18-35(27(23)38)24-9-10-25(36)33-26(24)37/h4-8,15-16,24H,1-3,9-14,17-18H2,(H,32,39)(H,33,36,37). The van der Waals surface area contributed by atoms with Crippen LogP contribution in [0.25, 0.3) is 0 Å². The third-order valence-corrected chi connectivity index (χ3v) is 7.65. The Morgan fingerprint density at radius 1 is 1.07 bits per heavy atom. The summed E-state index contributed by atoms with van der Waals surface area (Å²) in [6.45, 7) is 3.12. The van der Waals surface area contributed by atoms with E-state index < -0.39 is 29.3 Å². The van der Waals surface area contributed by atoms with Gasteiger partial charge in [0.2, 0.25) is 11.8 Å². The first-order chi connectivity index (χ1) is 19.2. The van der Waals surface area contributed by atoms with Crippen LogP contribution in [-0.4, -0.2) is 65.7 Å². The fourth-order valence-electron chi connectivity index (χ4n) is 5.42. The van der Waals surface area contributed by atoms with E-state index in [1.165, 1.54) is 29.5 Å². The van der Waals surface area contributed by atoms with E-state index in [4.69, 9.17) is 4.74 Å². The van der Waals surface area contributed by atoms with Crippen molar-refractivity contribution in [1.82, 2.24) is 20.4 Å². The van der Waals surface area contributed by atoms with E-state index in [1.807, 2.05) is 0 Å². The highest BCUT2D eigenvalue weighted by atomic mass is 19.3. The number of carbonyl (C=O) groups excluding carboxylic acids is 4. The van der Waals surface area contributed by atoms with E-state index in [0.717, 1.165) is 32.5 Å². The zero-order valence-electron chi connectivity index (χ0n) is 22.1. The lowest BCUT2D eigenvalue weighted by atomic mass is 10.0. The van der Waals surface area contributed by atoms with Crippen molar-refractivity contribution in [3.8, 4) is 5.75 Å². The number of fused-ring (bicyclic) bond motifs is 1. The fraction of sp³-hybridized carbons (Fsp3) is 0.448. The molecule has 40 heavy (non-hydrogen) atoms. The summed E-state index contributed by atoms with van der Waals surface area (Å²) in [4.78, 5) is 52.7. The van der Waals surface area contributed by atoms with Crippen molar-refractivity contribution in [3.63, 3.8) is 0 Å². The highest BCUT2D eigenvalue weighted by Gasteiger charge is 2.41. The molecule has 9 nitrogen and oxygen atoms in total. The number of amides is 4. The Morgan fingerprint density at radius 3 is 2.65 bits per heavy atom. The molecule has 1 atom stereocenters. The van der Waals surface area contributed by atoms with Crippen LogP contribution in [0.3, 0.4) is 0 Å². The molecule has 212 valence electrons. The van der Waals surface area contributed by atoms with Gasteiger partial charge in [-0.2, -0.15) is 8.78 Å². The predicted octanol–water partition coefficient (Wildman–Crippen LogP) is 2.72. The number of rotatable bonds is 9. The molecule has 11 heteroatoms. The Balaban J connectivity index is 1.17. The van der Waals surface area contributed by atoms with Gasteiger partial charge in [-0.05, 0) is 61.7 Å². The van der Waals surface area contributed by atoms with Gasteiger partial charge in [-0.3, -0.25) is 29.4 Å². The second-order valence-corrected chi connectivity index (χ2v) is 10.4. The number of alkyl halides is 2. The van der Waals surface area contributed by atoms with E-state index in [1.54, 1.807) is 24.3 Å². The lowest BCUT2D eigenvalue weighted by Gasteiger charge is -2.29. The van der Waals surface area contributed by atoms with E-state index in [2.05, 4.69) is 15.5 Å². The molecule has 2 N–H and O–H groups in total. The van der Waals surface area contributed by atoms with Crippen LogP contribution in [0.2, 0.25) is 0 Å². The molecule has 3 aliphatic rings. The van der Waals surface area contributed by atoms with Gasteiger partial charge in [-0.25, -0.2) is 0 Å². The van der Waals surface area contributed by atoms with Crippen molar-refractivity contribution < 1.29 is 32.7 Å². The van der Waals surface area contributed by atoms with Gasteiger partial charge in [0, 0.05) is 37.2 Å². The molecule has 2 saturated heterocycles. The van der Waals surface area contributed by atoms with Crippen LogP contribution < -0.4 is 15.4 Å². The summed E-state index contributed by atoms with van der Waals surface area (Å²) in [5.74, 6) is -6.15. The first-order valence-corrected chi connectivity index (χ1v) is 13.6. The summed E-state index contributed by atoms with van der Waals surface area (Å²) in [7, 11) is 0. The number of ether oxygens (including phenoxy) is 1. The maximum absolute atomic E-state index is 15.0. The Kier molecular flexibility index (Phi) is 8.11. The largest absolute Gasteiger partial charge is 0.492 e. The Morgan fingerprint density at radius 2 is 1.88 bits per heavy atom. The van der Waals surface area contributed by atoms with Gasteiger partial charge < -0.3 is 15.0 Å². The molecule has 0 spiro atoms. The summed E-state index contributed by atoms with van der Waals surface area (Å²) >= 11 is 0. The molecule has 3 aliphatic heterocycles. The van der Waals surface area contributed by atoms with Gasteiger partial charge >= 0.3 is 5.92 Å². The molecule has 0 saturated carbocycles. The van der Waals surface area contributed by atoms with Crippen molar-refractivity contribution in [2.24, 2.45) is 0 Å². The van der Waals surface area contributed by atoms with Crippen LogP contribution in [0.15, 0.2) is 42.5 Å². The van der Waals surface area contributed by atoms with Crippen molar-refractivity contribution in [2.45, 2.75) is 57.2 Å². The number of nitrogens with one attached hydrogen (secondary N) is 2. The molecule has 1 unspecified atom stereocenters. The van der Waals surface area contributed by atoms with Gasteiger partial charge in [0.15, 0.2) is 0 Å². The second-order valence-electron chi connectivity index (χ2n) is 10.4. The molecule has 0 radical (unpaired) electrons. The predicted molar refractivity (Wildman–Crippen MR) is 140 cm³/mol. The summed E-state index contributed by atoms with van der Waals surface area (Å²) in [6, 6.07) is 9.49. The monoisotopic (exact) mass is 554 g/mol. The van der Waals surface area contributed by atoms with E-state index in [0.29, 0.717) is 23.3 Å². The highest BCUT2D eigenvalue weighted by molar-refractivity contribution is 6.05. The molecule has 3 heterocycles. The van der Waals surface area contributed by atoms with Crippen LogP contribution >= 0.6 is 0 Å². The molecule has 2 aromatic rings. The quantitative estimate of drug-likeness (QED) is 0.462. The maximum Gasteiger partial charge on any atom is 0.349 e. The zero-order valence-corrected chi connectivity index (χ0v) is 22.1. The minimum Gasteiger partial charge on any atom is -0.492 e. The fourth-order valence-corrected chi connectivity index (χ4v) is 5.42. The van der Waals surface area contributed by atoms with Gasteiger partial charge in [0.1, 0.15) is 18.4 Å². The SMILES string of the molecule is O=C1CCC(N2Cc3cc(CNC(=O)C(F)(F)c4cccc(OCCN5CCCCC5)c4)ccc3C2=O)C(=O)N1. The number of carbonyl (C=O) groups is 4. The average Bonchev–Trinajstić information content (AvgIpc) is 3.27. The van der Waals surface area contributed by atoms with Crippen molar-refractivity contribution in [1.29, 1.82) is 0 Å². The molecule has 4 amide bonds. The summed E-state index contributed by atoms with van der Waals surface area (Å²) in [5.41, 5.74) is 1.11. The number of benzene rings is 2. The van der Waals surface area contributed by atoms with Crippen LogP contribution in [0.4, 0.5) is 8.78 Å². The minimum atomic E-state index is -3.78. The number of nitrogens with zero attached hydrogens (tertiary/aromatic N) is 2. The van der Waals surface area contributed by atoms with Gasteiger partial charge in [0.05, 0.1) is 0 Å². The molecule has 2 fully saturated rings. The normalized spacial score (nSPS) is 19.8. The maximum atomic E-state index is 15.0. The Labute approximate surface area is 230 Å². The van der Waals surface area contributed by atoms with E-state index >= 15 is 8.78 Å². The van der Waals surface area contributed by atoms with Crippen LogP contribution in [0.1, 0.15) is 59.2 Å². The summed E-state index contributed by atoms with van der Waals surface area (Å²) in [5, 5.41) is 4.55. The third-order valence-electron chi connectivity index (χ3n) is 7.65. The summed E-state index contributed by atoms with van der Waals surface area (Å²) < 4.78 is 35.8. The van der Waals surface area contributed by atoms with Crippen LogP contribution in [-0.2, 0) is 33.4 Å². The topological polar surface area (TPSA) is 108 Å². The number of halogens is 2. The number of imide groups is 1. The molecule has 0 aliphatic carbocycles. The van der Waals surface area contributed by atoms with Crippen molar-refractivity contribution >= 4 is 23.6 Å². The Bertz CT molecular complexity index is 1310. The molecular formula is C29H32F2N4O5. The number of hydrogen-bond donors (Lipinski definition) is 2. The minimum absolute atomic E-state index is 0.148. The van der Waals surface area contributed by atoms with Gasteiger partial charge in [-0.15, -0.1) is 0 Å². The molecule has 0 aromatic heterocycles. The van der Waals surface area contributed by atoms with Crippen LogP contribution in [0.5, 0.6) is 5.75 Å². The highest BCUT2D eigenvalue weighted by Crippen LogP contribution is 2.31. The lowest BCUT2D eigenvalue weighted by molar-refractivity contribution is -0.147. The molecule has 2 aromatic carbocycles. The van der Waals surface area contributed by atoms with E-state index in [9.17, 15) is 19.2 Å². The van der Waals surface area contributed by atoms with E-state index in [-0.39, 0.29) is 43.5 Å². The summed E-state index contributed by atoms with van der Waals surface area (Å²) in [6.07, 6.45) is 3.93. The number of piperidine rings is 2. The smallest absolute Gasteiger partial charge is 0.349 e. The number of hydrogen-bond acceptors (Lipinski definition) is 6. The second kappa shape index (κ2) is 11.7. The molecule has 0 bridgehead atoms. The zero-order chi connectivity index (χ0) is 28.3. The first kappa shape index (κ1) is 27.7. The first-order valence-electron chi connectivity index (χ1n) is 13.6. The van der Waals surface area contributed by atoms with Gasteiger partial charge in [-0.1, -0.05) is 30.7 Å². The lowest BCUT2D eigenvalue weighted by Crippen LogP contribution is -2.52. The van der Waals surface area contributed by atoms with Crippen LogP contribution in [0, 0.1) is 0 Å². The average molecular weight is 555 g/mol. The van der Waals surface area contributed by atoms with Crippen molar-refractivity contribution in [2.75, 3.05) is 26.2 Å². The van der Waals surface area contributed by atoms with Gasteiger partial charge in [0.25, 0.3) is 11.8 Å².